The Labute approximate surface area is 185 Å². The first-order chi connectivity index (χ1) is 15.3. The number of aliphatic hydroxyl groups is 1. The lowest BCUT2D eigenvalue weighted by Gasteiger charge is -2.12. The molecule has 2 N–H and O–H groups in total. The van der Waals surface area contributed by atoms with Gasteiger partial charge in [-0.15, -0.1) is 0 Å². The topological polar surface area (TPSA) is 101 Å². The number of anilines is 1. The lowest BCUT2D eigenvalue weighted by molar-refractivity contribution is -0.111. The number of nitrogens with zero attached hydrogens (tertiary/aromatic N) is 2. The number of hydrogen-bond donors (Lipinski definition) is 2. The number of aromatic nitrogens is 2. The van der Waals surface area contributed by atoms with Crippen molar-refractivity contribution in [2.24, 2.45) is 5.92 Å². The van der Waals surface area contributed by atoms with Gasteiger partial charge in [0.2, 0.25) is 0 Å². The molecule has 1 unspecified atom stereocenters. The van der Waals surface area contributed by atoms with Crippen molar-refractivity contribution < 1.29 is 27.1 Å². The smallest absolute Gasteiger partial charge is 0.257 e. The Morgan fingerprint density at radius 1 is 1.16 bits per heavy atom. The third-order valence-electron chi connectivity index (χ3n) is 5.76. The number of carbonyl (C=O) groups is 1. The zero-order valence-electron chi connectivity index (χ0n) is 17.3. The molecule has 2 aliphatic rings. The fraction of sp³-hybridized carbons (Fsp3) is 0.455. The van der Waals surface area contributed by atoms with Gasteiger partial charge in [-0.3, -0.25) is 9.48 Å². The number of benzene rings is 1. The molecule has 0 aliphatic heterocycles. The number of halogens is 2. The molecule has 10 heteroatoms. The van der Waals surface area contributed by atoms with Crippen molar-refractivity contribution in [3.63, 3.8) is 0 Å². The molecule has 32 heavy (non-hydrogen) atoms. The molecule has 1 amide bonds. The molecule has 7 nitrogen and oxygen atoms in total. The van der Waals surface area contributed by atoms with Crippen LogP contribution in [0.25, 0.3) is 5.57 Å². The fourth-order valence-electron chi connectivity index (χ4n) is 3.88. The van der Waals surface area contributed by atoms with Crippen molar-refractivity contribution in [2.75, 3.05) is 11.9 Å². The number of sulfone groups is 1. The van der Waals surface area contributed by atoms with Crippen LogP contribution < -0.4 is 5.32 Å². The van der Waals surface area contributed by atoms with Crippen LogP contribution in [0.1, 0.15) is 31.2 Å². The van der Waals surface area contributed by atoms with Gasteiger partial charge in [0.15, 0.2) is 15.7 Å². The first kappa shape index (κ1) is 22.6. The van der Waals surface area contributed by atoms with Crippen LogP contribution in [0.3, 0.4) is 0 Å². The molecule has 0 radical (unpaired) electrons. The van der Waals surface area contributed by atoms with Crippen LogP contribution in [0, 0.1) is 5.92 Å². The van der Waals surface area contributed by atoms with Gasteiger partial charge < -0.3 is 10.4 Å². The highest BCUT2D eigenvalue weighted by Gasteiger charge is 2.37. The van der Waals surface area contributed by atoms with Crippen molar-refractivity contribution in [3.05, 3.63) is 48.2 Å². The number of nitrogens with one attached hydrogen (secondary N) is 1. The molecular formula is C22H25F2N3O4S. The predicted molar refractivity (Wildman–Crippen MR) is 115 cm³/mol. The van der Waals surface area contributed by atoms with Gasteiger partial charge in [0.25, 0.3) is 5.91 Å². The number of rotatable bonds is 8. The second-order valence-electron chi connectivity index (χ2n) is 8.25. The van der Waals surface area contributed by atoms with Crippen molar-refractivity contribution in [1.29, 1.82) is 0 Å². The number of carbonyl (C=O) groups excluding carboxylic acids is 1. The molecule has 2 aliphatic carbocycles. The number of allylic oxidation sites excluding steroid dienone is 1. The number of amides is 1. The molecule has 4 rings (SSSR count). The lowest BCUT2D eigenvalue weighted by atomic mass is 9.98. The third-order valence-corrected chi connectivity index (χ3v) is 8.04. The Kier molecular flexibility index (Phi) is 6.43. The van der Waals surface area contributed by atoms with Crippen molar-refractivity contribution >= 4 is 27.1 Å². The Morgan fingerprint density at radius 3 is 2.41 bits per heavy atom. The van der Waals surface area contributed by atoms with Gasteiger partial charge in [0.1, 0.15) is 12.3 Å². The first-order valence-electron chi connectivity index (χ1n) is 10.6. The summed E-state index contributed by atoms with van der Waals surface area (Å²) in [5, 5.41) is 15.5. The van der Waals surface area contributed by atoms with E-state index in [-0.39, 0.29) is 47.5 Å². The van der Waals surface area contributed by atoms with E-state index in [1.54, 1.807) is 30.5 Å². The van der Waals surface area contributed by atoms with Crippen LogP contribution in [0.15, 0.2) is 47.5 Å². The molecule has 0 bridgehead atoms. The first-order valence-corrected chi connectivity index (χ1v) is 12.1. The molecule has 0 saturated heterocycles. The minimum Gasteiger partial charge on any atom is -0.394 e. The van der Waals surface area contributed by atoms with E-state index in [1.807, 2.05) is 0 Å². The van der Waals surface area contributed by atoms with Gasteiger partial charge in [0, 0.05) is 17.8 Å². The van der Waals surface area contributed by atoms with E-state index < -0.39 is 34.0 Å². The average Bonchev–Trinajstić information content (AvgIpc) is 3.47. The Balaban J connectivity index is 1.60. The summed E-state index contributed by atoms with van der Waals surface area (Å²) in [5.74, 6) is -0.710. The molecule has 2 fully saturated rings. The zero-order chi connectivity index (χ0) is 22.9. The summed E-state index contributed by atoms with van der Waals surface area (Å²) in [6.45, 7) is 0.167. The van der Waals surface area contributed by atoms with Gasteiger partial charge >= 0.3 is 0 Å². The van der Waals surface area contributed by atoms with E-state index in [4.69, 9.17) is 5.11 Å². The zero-order valence-corrected chi connectivity index (χ0v) is 18.1. The van der Waals surface area contributed by atoms with Crippen LogP contribution in [0.5, 0.6) is 0 Å². The Hall–Kier alpha value is -2.59. The highest BCUT2D eigenvalue weighted by molar-refractivity contribution is 7.92. The maximum Gasteiger partial charge on any atom is 0.257 e. The second-order valence-corrected chi connectivity index (χ2v) is 10.5. The summed E-state index contributed by atoms with van der Waals surface area (Å²) in [6, 6.07) is 7.58. The van der Waals surface area contributed by atoms with Crippen LogP contribution in [0.4, 0.5) is 14.6 Å². The maximum atomic E-state index is 13.7. The van der Waals surface area contributed by atoms with Crippen LogP contribution >= 0.6 is 0 Å². The molecule has 1 aromatic heterocycles. The summed E-state index contributed by atoms with van der Waals surface area (Å²) in [6.07, 6.45) is 1.28. The molecule has 1 aromatic carbocycles. The highest BCUT2D eigenvalue weighted by Crippen LogP contribution is 2.36. The van der Waals surface area contributed by atoms with Gasteiger partial charge in [-0.1, -0.05) is 18.2 Å². The second kappa shape index (κ2) is 9.11. The third kappa shape index (κ3) is 4.91. The Morgan fingerprint density at radius 2 is 1.81 bits per heavy atom. The van der Waals surface area contributed by atoms with Crippen LogP contribution in [0.2, 0.25) is 0 Å². The van der Waals surface area contributed by atoms with E-state index in [0.717, 1.165) is 0 Å². The van der Waals surface area contributed by atoms with Gasteiger partial charge in [-0.25, -0.2) is 17.2 Å². The van der Waals surface area contributed by atoms with Gasteiger partial charge in [-0.2, -0.15) is 5.10 Å². The molecule has 0 spiro atoms. The van der Waals surface area contributed by atoms with Crippen molar-refractivity contribution in [3.8, 4) is 0 Å². The predicted octanol–water partition coefficient (Wildman–Crippen LogP) is 2.92. The molecule has 1 heterocycles. The summed E-state index contributed by atoms with van der Waals surface area (Å²) in [4.78, 5) is 13.2. The van der Waals surface area contributed by atoms with Gasteiger partial charge in [-0.05, 0) is 49.3 Å². The van der Waals surface area contributed by atoms with Crippen LogP contribution in [-0.2, 0) is 21.2 Å². The van der Waals surface area contributed by atoms with Crippen molar-refractivity contribution in [1.82, 2.24) is 9.78 Å². The number of aliphatic hydroxyl groups excluding tert-OH is 1. The summed E-state index contributed by atoms with van der Waals surface area (Å²) >= 11 is 0. The summed E-state index contributed by atoms with van der Waals surface area (Å²) in [7, 11) is -3.37. The van der Waals surface area contributed by atoms with E-state index >= 15 is 0 Å². The van der Waals surface area contributed by atoms with Crippen molar-refractivity contribution in [2.45, 2.75) is 54.7 Å². The average molecular weight is 466 g/mol. The minimum absolute atomic E-state index is 0.0167. The highest BCUT2D eigenvalue weighted by atomic mass is 32.2. The lowest BCUT2D eigenvalue weighted by Crippen LogP contribution is -2.16. The standard InChI is InChI=1S/C22H25F2N3O4S/c23-19-12-14(13-20(19)24)11-18(22(29)25-21-7-8-27(26-21)9-10-28)15-1-3-16(4-2-15)32(30,31)17-5-6-17/h1-4,7-8,11,14,17,19-20,28H,5-6,9-10,12-13H2,(H,25,26,29)/b18-11+/t14?,19-,20+. The fourth-order valence-corrected chi connectivity index (χ4v) is 5.54. The number of hydrogen-bond acceptors (Lipinski definition) is 5. The molecular weight excluding hydrogens is 440 g/mol. The molecule has 2 saturated carbocycles. The van der Waals surface area contributed by atoms with E-state index in [0.29, 0.717) is 18.4 Å². The van der Waals surface area contributed by atoms with E-state index in [1.165, 1.54) is 16.8 Å². The Bertz CT molecular complexity index is 1100. The monoisotopic (exact) mass is 465 g/mol. The summed E-state index contributed by atoms with van der Waals surface area (Å²) < 4.78 is 53.8. The molecule has 3 atom stereocenters. The SMILES string of the molecule is O=C(Nc1ccn(CCO)n1)/C(=C/C1C[C@@H](F)[C@@H](F)C1)c1ccc(S(=O)(=O)C2CC2)cc1. The molecule has 2 aromatic rings. The minimum atomic E-state index is -3.37. The number of alkyl halides is 2. The normalized spacial score (nSPS) is 24.0. The van der Waals surface area contributed by atoms with Gasteiger partial charge in [0.05, 0.1) is 23.3 Å². The quantitative estimate of drug-likeness (QED) is 0.584. The molecule has 172 valence electrons. The van der Waals surface area contributed by atoms with E-state index in [9.17, 15) is 22.0 Å². The van der Waals surface area contributed by atoms with Crippen LogP contribution in [-0.4, -0.2) is 53.4 Å². The maximum absolute atomic E-state index is 13.7. The van der Waals surface area contributed by atoms with E-state index in [2.05, 4.69) is 10.4 Å². The largest absolute Gasteiger partial charge is 0.394 e. The summed E-state index contributed by atoms with van der Waals surface area (Å²) in [5.41, 5.74) is 0.646.